The molecule has 0 aromatic heterocycles. The van der Waals surface area contributed by atoms with Crippen LogP contribution in [0.15, 0.2) is 18.2 Å². The number of amides is 1. The summed E-state index contributed by atoms with van der Waals surface area (Å²) in [5, 5.41) is 13.6. The predicted octanol–water partition coefficient (Wildman–Crippen LogP) is 1.16. The largest absolute Gasteiger partial charge is 0.327 e. The van der Waals surface area contributed by atoms with E-state index in [1.807, 2.05) is 6.92 Å². The van der Waals surface area contributed by atoms with Gasteiger partial charge in [0, 0.05) is 18.1 Å². The van der Waals surface area contributed by atoms with E-state index in [9.17, 15) is 14.9 Å². The summed E-state index contributed by atoms with van der Waals surface area (Å²) in [7, 11) is 0. The molecule has 1 aliphatic heterocycles. The van der Waals surface area contributed by atoms with Gasteiger partial charge in [0.05, 0.1) is 23.7 Å². The molecule has 114 valence electrons. The molecule has 1 aromatic rings. The van der Waals surface area contributed by atoms with Crippen LogP contribution in [-0.4, -0.2) is 30.5 Å². The number of likely N-dealkylation sites (tertiary alicyclic amines) is 1. The molecule has 1 amide bonds. The number of piperidine rings is 1. The van der Waals surface area contributed by atoms with Crippen LogP contribution in [0.25, 0.3) is 0 Å². The molecular weight excluding hydrogens is 270 g/mol. The van der Waals surface area contributed by atoms with Gasteiger partial charge in [-0.1, -0.05) is 13.0 Å². The number of non-ortho nitro benzene ring substituents is 1. The molecule has 6 heteroatoms. The van der Waals surface area contributed by atoms with Crippen LogP contribution in [-0.2, 0) is 4.79 Å². The summed E-state index contributed by atoms with van der Waals surface area (Å²) < 4.78 is 0. The van der Waals surface area contributed by atoms with Crippen LogP contribution in [0.1, 0.15) is 25.3 Å². The van der Waals surface area contributed by atoms with Gasteiger partial charge in [0.15, 0.2) is 6.54 Å². The molecule has 1 unspecified atom stereocenters. The maximum Gasteiger partial charge on any atom is 0.279 e. The molecule has 1 heterocycles. The first-order valence-corrected chi connectivity index (χ1v) is 7.34. The second kappa shape index (κ2) is 6.67. The zero-order valence-electron chi connectivity index (χ0n) is 12.5. The lowest BCUT2D eigenvalue weighted by molar-refractivity contribution is -0.900. The Morgan fingerprint density at radius 1 is 1.52 bits per heavy atom. The smallest absolute Gasteiger partial charge is 0.279 e. The Balaban J connectivity index is 1.99. The molecule has 1 aromatic carbocycles. The van der Waals surface area contributed by atoms with Gasteiger partial charge >= 0.3 is 0 Å². The van der Waals surface area contributed by atoms with Gasteiger partial charge < -0.3 is 10.2 Å². The standard InChI is InChI=1S/C15H21N3O3/c1-11-4-3-7-17(9-11)10-15(19)16-14-8-13(18(20)21)6-5-12(14)2/h5-6,8,11H,3-4,7,9-10H2,1-2H3,(H,16,19)/p+1/t11-/m0/s1. The van der Waals surface area contributed by atoms with Gasteiger partial charge in [-0.25, -0.2) is 0 Å². The number of nitro groups is 1. The summed E-state index contributed by atoms with van der Waals surface area (Å²) in [5.74, 6) is 0.573. The quantitative estimate of drug-likeness (QED) is 0.646. The summed E-state index contributed by atoms with van der Waals surface area (Å²) in [6, 6.07) is 4.52. The van der Waals surface area contributed by atoms with Gasteiger partial charge in [0.1, 0.15) is 0 Å². The van der Waals surface area contributed by atoms with Crippen molar-refractivity contribution in [3.05, 3.63) is 33.9 Å². The third kappa shape index (κ3) is 4.26. The molecule has 2 N–H and O–H groups in total. The Kier molecular flexibility index (Phi) is 4.90. The molecule has 0 aliphatic carbocycles. The van der Waals surface area contributed by atoms with Gasteiger partial charge in [-0.2, -0.15) is 0 Å². The highest BCUT2D eigenvalue weighted by atomic mass is 16.6. The molecule has 1 aliphatic rings. The molecular formula is C15H22N3O3+. The van der Waals surface area contributed by atoms with Crippen LogP contribution in [0.4, 0.5) is 11.4 Å². The minimum Gasteiger partial charge on any atom is -0.327 e. The van der Waals surface area contributed by atoms with E-state index in [2.05, 4.69) is 12.2 Å². The molecule has 2 atom stereocenters. The average Bonchev–Trinajstić information content (AvgIpc) is 2.41. The van der Waals surface area contributed by atoms with Crippen molar-refractivity contribution in [2.45, 2.75) is 26.7 Å². The summed E-state index contributed by atoms with van der Waals surface area (Å²) in [6.45, 7) is 6.50. The first kappa shape index (κ1) is 15.4. The number of carbonyl (C=O) groups is 1. The van der Waals surface area contributed by atoms with E-state index in [0.29, 0.717) is 18.2 Å². The Morgan fingerprint density at radius 2 is 2.29 bits per heavy atom. The lowest BCUT2D eigenvalue weighted by atomic mass is 10.0. The third-order valence-electron chi connectivity index (χ3n) is 3.98. The predicted molar refractivity (Wildman–Crippen MR) is 80.4 cm³/mol. The van der Waals surface area contributed by atoms with Gasteiger partial charge in [-0.05, 0) is 25.3 Å². The fourth-order valence-electron chi connectivity index (χ4n) is 2.84. The number of nitro benzene ring substituents is 1. The highest BCUT2D eigenvalue weighted by Gasteiger charge is 2.22. The topological polar surface area (TPSA) is 76.7 Å². The van der Waals surface area contributed by atoms with E-state index < -0.39 is 4.92 Å². The summed E-state index contributed by atoms with van der Waals surface area (Å²) >= 11 is 0. The summed E-state index contributed by atoms with van der Waals surface area (Å²) in [6.07, 6.45) is 2.38. The van der Waals surface area contributed by atoms with E-state index in [0.717, 1.165) is 25.1 Å². The molecule has 0 bridgehead atoms. The molecule has 21 heavy (non-hydrogen) atoms. The molecule has 6 nitrogen and oxygen atoms in total. The molecule has 1 saturated heterocycles. The number of nitrogens with one attached hydrogen (secondary N) is 2. The number of quaternary nitrogens is 1. The van der Waals surface area contributed by atoms with Crippen molar-refractivity contribution in [1.82, 2.24) is 0 Å². The normalized spacial score (nSPS) is 21.8. The van der Waals surface area contributed by atoms with Gasteiger partial charge in [0.25, 0.3) is 11.6 Å². The minimum absolute atomic E-state index is 0.00478. The van der Waals surface area contributed by atoms with E-state index in [1.165, 1.54) is 23.5 Å². The zero-order valence-corrected chi connectivity index (χ0v) is 12.5. The van der Waals surface area contributed by atoms with Crippen LogP contribution in [0.2, 0.25) is 0 Å². The van der Waals surface area contributed by atoms with Crippen molar-refractivity contribution < 1.29 is 14.6 Å². The Hall–Kier alpha value is -1.95. The third-order valence-corrected chi connectivity index (χ3v) is 3.98. The van der Waals surface area contributed by atoms with Crippen molar-refractivity contribution >= 4 is 17.3 Å². The lowest BCUT2D eigenvalue weighted by Gasteiger charge is -2.27. The van der Waals surface area contributed by atoms with Crippen LogP contribution < -0.4 is 10.2 Å². The Bertz CT molecular complexity index is 545. The molecule has 2 rings (SSSR count). The van der Waals surface area contributed by atoms with Crippen molar-refractivity contribution in [1.29, 1.82) is 0 Å². The maximum atomic E-state index is 12.1. The van der Waals surface area contributed by atoms with Crippen LogP contribution in [0.3, 0.4) is 0 Å². The first-order valence-electron chi connectivity index (χ1n) is 7.34. The van der Waals surface area contributed by atoms with Gasteiger partial charge in [-0.15, -0.1) is 0 Å². The Labute approximate surface area is 124 Å². The molecule has 1 fully saturated rings. The highest BCUT2D eigenvalue weighted by Crippen LogP contribution is 2.21. The van der Waals surface area contributed by atoms with Crippen molar-refractivity contribution in [2.75, 3.05) is 25.0 Å². The minimum atomic E-state index is -0.452. The molecule has 0 radical (unpaired) electrons. The number of aryl methyl sites for hydroxylation is 1. The van der Waals surface area contributed by atoms with E-state index in [-0.39, 0.29) is 11.6 Å². The van der Waals surface area contributed by atoms with Crippen LogP contribution in [0.5, 0.6) is 0 Å². The number of anilines is 1. The monoisotopic (exact) mass is 292 g/mol. The van der Waals surface area contributed by atoms with Crippen LogP contribution >= 0.6 is 0 Å². The van der Waals surface area contributed by atoms with Crippen LogP contribution in [0, 0.1) is 23.0 Å². The Morgan fingerprint density at radius 3 is 2.95 bits per heavy atom. The van der Waals surface area contributed by atoms with Crippen molar-refractivity contribution in [3.8, 4) is 0 Å². The summed E-state index contributed by atoms with van der Waals surface area (Å²) in [5.41, 5.74) is 1.35. The molecule has 0 saturated carbocycles. The van der Waals surface area contributed by atoms with E-state index in [1.54, 1.807) is 6.07 Å². The van der Waals surface area contributed by atoms with Gasteiger partial charge in [-0.3, -0.25) is 14.9 Å². The number of rotatable bonds is 4. The second-order valence-electron chi connectivity index (χ2n) is 5.93. The highest BCUT2D eigenvalue weighted by molar-refractivity contribution is 5.92. The lowest BCUT2D eigenvalue weighted by Crippen LogP contribution is -3.14. The number of hydrogen-bond donors (Lipinski definition) is 2. The van der Waals surface area contributed by atoms with Crippen molar-refractivity contribution in [3.63, 3.8) is 0 Å². The fourth-order valence-corrected chi connectivity index (χ4v) is 2.84. The fraction of sp³-hybridized carbons (Fsp3) is 0.533. The maximum absolute atomic E-state index is 12.1. The zero-order chi connectivity index (χ0) is 15.4. The number of hydrogen-bond acceptors (Lipinski definition) is 3. The number of benzene rings is 1. The van der Waals surface area contributed by atoms with E-state index in [4.69, 9.17) is 0 Å². The second-order valence-corrected chi connectivity index (χ2v) is 5.93. The first-order chi connectivity index (χ1) is 9.95. The average molecular weight is 292 g/mol. The van der Waals surface area contributed by atoms with Crippen molar-refractivity contribution in [2.24, 2.45) is 5.92 Å². The SMILES string of the molecule is Cc1ccc([N+](=O)[O-])cc1NC(=O)C[NH+]1CCC[C@H](C)C1. The number of nitrogens with zero attached hydrogens (tertiary/aromatic N) is 1. The van der Waals surface area contributed by atoms with Gasteiger partial charge in [0.2, 0.25) is 0 Å². The summed E-state index contributed by atoms with van der Waals surface area (Å²) in [4.78, 5) is 23.7. The number of carbonyl (C=O) groups excluding carboxylic acids is 1. The molecule has 0 spiro atoms. The van der Waals surface area contributed by atoms with E-state index >= 15 is 0 Å².